The molecular weight excluding hydrogens is 224 g/mol. The number of hydrogen-bond acceptors (Lipinski definition) is 3. The molecule has 100 valence electrons. The molecule has 0 radical (unpaired) electrons. The Hall–Kier alpha value is -0.900. The number of aliphatic hydroxyl groups is 1. The topological polar surface area (TPSA) is 26.7 Å². The lowest BCUT2D eigenvalue weighted by molar-refractivity contribution is 0.196. The second-order valence-electron chi connectivity index (χ2n) is 5.18. The van der Waals surface area contributed by atoms with Crippen molar-refractivity contribution in [3.63, 3.8) is 0 Å². The van der Waals surface area contributed by atoms with Crippen LogP contribution in [-0.4, -0.2) is 54.2 Å². The van der Waals surface area contributed by atoms with E-state index in [0.29, 0.717) is 0 Å². The molecular formula is C15H24N2O. The Morgan fingerprint density at radius 3 is 2.39 bits per heavy atom. The van der Waals surface area contributed by atoms with Crippen molar-refractivity contribution in [2.24, 2.45) is 0 Å². The Kier molecular flexibility index (Phi) is 5.17. The van der Waals surface area contributed by atoms with E-state index in [0.717, 1.165) is 39.3 Å². The summed E-state index contributed by atoms with van der Waals surface area (Å²) in [4.78, 5) is 4.87. The fourth-order valence-electron chi connectivity index (χ4n) is 2.50. The van der Waals surface area contributed by atoms with Gasteiger partial charge in [-0.2, -0.15) is 0 Å². The molecule has 0 aliphatic carbocycles. The minimum Gasteiger partial charge on any atom is -0.395 e. The standard InChI is InChI=1S/C15H24N2O/c1-14-3-5-15(6-4-14)13-17-8-2-7-16(9-10-17)11-12-18/h3-6,18H,2,7-13H2,1H3. The summed E-state index contributed by atoms with van der Waals surface area (Å²) in [5.41, 5.74) is 2.72. The number of β-amino-alcohol motifs (C(OH)–C–C–N with tert-alkyl or cyclic N) is 1. The van der Waals surface area contributed by atoms with E-state index >= 15 is 0 Å². The molecule has 0 unspecified atom stereocenters. The zero-order valence-electron chi connectivity index (χ0n) is 11.3. The summed E-state index contributed by atoms with van der Waals surface area (Å²) in [7, 11) is 0. The minimum absolute atomic E-state index is 0.276. The first-order chi connectivity index (χ1) is 8.78. The second kappa shape index (κ2) is 6.88. The Balaban J connectivity index is 1.84. The fraction of sp³-hybridized carbons (Fsp3) is 0.600. The van der Waals surface area contributed by atoms with Gasteiger partial charge in [0.15, 0.2) is 0 Å². The monoisotopic (exact) mass is 248 g/mol. The van der Waals surface area contributed by atoms with Gasteiger partial charge in [0.05, 0.1) is 6.61 Å². The summed E-state index contributed by atoms with van der Waals surface area (Å²) in [6.45, 7) is 8.73. The van der Waals surface area contributed by atoms with Gasteiger partial charge in [0.2, 0.25) is 0 Å². The number of rotatable bonds is 4. The quantitative estimate of drug-likeness (QED) is 0.874. The van der Waals surface area contributed by atoms with Gasteiger partial charge in [0.1, 0.15) is 0 Å². The Morgan fingerprint density at radius 2 is 1.67 bits per heavy atom. The van der Waals surface area contributed by atoms with Crippen LogP contribution in [-0.2, 0) is 6.54 Å². The molecule has 2 rings (SSSR count). The fourth-order valence-corrected chi connectivity index (χ4v) is 2.50. The highest BCUT2D eigenvalue weighted by Gasteiger charge is 2.14. The van der Waals surface area contributed by atoms with Crippen molar-refractivity contribution in [1.29, 1.82) is 0 Å². The van der Waals surface area contributed by atoms with Crippen molar-refractivity contribution < 1.29 is 5.11 Å². The maximum Gasteiger partial charge on any atom is 0.0558 e. The first-order valence-corrected chi connectivity index (χ1v) is 6.89. The zero-order chi connectivity index (χ0) is 12.8. The summed E-state index contributed by atoms with van der Waals surface area (Å²) in [6, 6.07) is 8.83. The van der Waals surface area contributed by atoms with Crippen molar-refractivity contribution in [2.45, 2.75) is 19.9 Å². The lowest BCUT2D eigenvalue weighted by atomic mass is 10.1. The van der Waals surface area contributed by atoms with E-state index in [4.69, 9.17) is 5.11 Å². The zero-order valence-corrected chi connectivity index (χ0v) is 11.3. The number of aliphatic hydroxyl groups excluding tert-OH is 1. The SMILES string of the molecule is Cc1ccc(CN2CCCN(CCO)CC2)cc1. The van der Waals surface area contributed by atoms with Gasteiger partial charge < -0.3 is 5.11 Å². The molecule has 3 heteroatoms. The molecule has 0 amide bonds. The number of benzene rings is 1. The van der Waals surface area contributed by atoms with E-state index in [1.807, 2.05) is 0 Å². The van der Waals surface area contributed by atoms with Crippen LogP contribution in [0.25, 0.3) is 0 Å². The van der Waals surface area contributed by atoms with Crippen molar-refractivity contribution in [2.75, 3.05) is 39.3 Å². The van der Waals surface area contributed by atoms with E-state index in [-0.39, 0.29) is 6.61 Å². The van der Waals surface area contributed by atoms with Gasteiger partial charge in [0.25, 0.3) is 0 Å². The predicted octanol–water partition coefficient (Wildman–Crippen LogP) is 1.50. The van der Waals surface area contributed by atoms with Crippen molar-refractivity contribution in [3.05, 3.63) is 35.4 Å². The molecule has 1 aliphatic heterocycles. The molecule has 0 bridgehead atoms. The average Bonchev–Trinajstić information content (AvgIpc) is 2.59. The molecule has 1 aromatic carbocycles. The van der Waals surface area contributed by atoms with Crippen LogP contribution in [0.3, 0.4) is 0 Å². The Bertz CT molecular complexity index is 350. The van der Waals surface area contributed by atoms with Gasteiger partial charge >= 0.3 is 0 Å². The van der Waals surface area contributed by atoms with Crippen molar-refractivity contribution in [3.8, 4) is 0 Å². The molecule has 0 spiro atoms. The molecule has 1 aromatic rings. The van der Waals surface area contributed by atoms with Crippen LogP contribution >= 0.6 is 0 Å². The lowest BCUT2D eigenvalue weighted by Crippen LogP contribution is -2.32. The van der Waals surface area contributed by atoms with Crippen LogP contribution in [0.4, 0.5) is 0 Å². The molecule has 1 saturated heterocycles. The maximum absolute atomic E-state index is 8.98. The molecule has 1 N–H and O–H groups in total. The van der Waals surface area contributed by atoms with Gasteiger partial charge in [0, 0.05) is 26.2 Å². The van der Waals surface area contributed by atoms with E-state index < -0.39 is 0 Å². The van der Waals surface area contributed by atoms with Crippen molar-refractivity contribution >= 4 is 0 Å². The van der Waals surface area contributed by atoms with Crippen LogP contribution in [0.5, 0.6) is 0 Å². The molecule has 0 aromatic heterocycles. The van der Waals surface area contributed by atoms with Gasteiger partial charge in [-0.05, 0) is 32.0 Å². The summed E-state index contributed by atoms with van der Waals surface area (Å²) in [6.07, 6.45) is 1.20. The highest BCUT2D eigenvalue weighted by Crippen LogP contribution is 2.10. The van der Waals surface area contributed by atoms with Crippen LogP contribution in [0, 0.1) is 6.92 Å². The van der Waals surface area contributed by atoms with Crippen LogP contribution in [0.1, 0.15) is 17.5 Å². The summed E-state index contributed by atoms with van der Waals surface area (Å²) >= 11 is 0. The highest BCUT2D eigenvalue weighted by molar-refractivity contribution is 5.21. The number of nitrogens with zero attached hydrogens (tertiary/aromatic N) is 2. The largest absolute Gasteiger partial charge is 0.395 e. The normalized spacial score (nSPS) is 18.8. The summed E-state index contributed by atoms with van der Waals surface area (Å²) in [5.74, 6) is 0. The minimum atomic E-state index is 0.276. The van der Waals surface area contributed by atoms with E-state index in [1.165, 1.54) is 17.5 Å². The Labute approximate surface area is 110 Å². The first-order valence-electron chi connectivity index (χ1n) is 6.89. The van der Waals surface area contributed by atoms with E-state index in [9.17, 15) is 0 Å². The van der Waals surface area contributed by atoms with Crippen molar-refractivity contribution in [1.82, 2.24) is 9.80 Å². The van der Waals surface area contributed by atoms with Crippen LogP contribution in [0.2, 0.25) is 0 Å². The first kappa shape index (κ1) is 13.5. The lowest BCUT2D eigenvalue weighted by Gasteiger charge is -2.21. The summed E-state index contributed by atoms with van der Waals surface area (Å²) in [5, 5.41) is 8.98. The van der Waals surface area contributed by atoms with Crippen LogP contribution in [0.15, 0.2) is 24.3 Å². The molecule has 1 fully saturated rings. The van der Waals surface area contributed by atoms with Gasteiger partial charge in [-0.1, -0.05) is 29.8 Å². The van der Waals surface area contributed by atoms with E-state index in [1.54, 1.807) is 0 Å². The predicted molar refractivity (Wildman–Crippen MR) is 74.6 cm³/mol. The van der Waals surface area contributed by atoms with Gasteiger partial charge in [-0.3, -0.25) is 9.80 Å². The summed E-state index contributed by atoms with van der Waals surface area (Å²) < 4.78 is 0. The number of aryl methyl sites for hydroxylation is 1. The molecule has 3 nitrogen and oxygen atoms in total. The molecule has 18 heavy (non-hydrogen) atoms. The molecule has 1 aliphatic rings. The number of hydrogen-bond donors (Lipinski definition) is 1. The average molecular weight is 248 g/mol. The molecule has 1 heterocycles. The van der Waals surface area contributed by atoms with Gasteiger partial charge in [-0.15, -0.1) is 0 Å². The smallest absolute Gasteiger partial charge is 0.0558 e. The Morgan fingerprint density at radius 1 is 1.00 bits per heavy atom. The third kappa shape index (κ3) is 4.09. The van der Waals surface area contributed by atoms with Gasteiger partial charge in [-0.25, -0.2) is 0 Å². The van der Waals surface area contributed by atoms with Crippen LogP contribution < -0.4 is 0 Å². The van der Waals surface area contributed by atoms with E-state index in [2.05, 4.69) is 41.0 Å². The molecule has 0 saturated carbocycles. The maximum atomic E-state index is 8.98. The second-order valence-corrected chi connectivity index (χ2v) is 5.18. The highest BCUT2D eigenvalue weighted by atomic mass is 16.3. The third-order valence-corrected chi connectivity index (χ3v) is 3.62. The molecule has 0 atom stereocenters. The third-order valence-electron chi connectivity index (χ3n) is 3.62.